The summed E-state index contributed by atoms with van der Waals surface area (Å²) in [5.74, 6) is -1.47. The molecule has 0 bridgehead atoms. The van der Waals surface area contributed by atoms with Crippen LogP contribution in [0.25, 0.3) is 0 Å². The Bertz CT molecular complexity index is 1090. The van der Waals surface area contributed by atoms with Crippen LogP contribution in [0.1, 0.15) is 49.5 Å². The van der Waals surface area contributed by atoms with Crippen molar-refractivity contribution in [2.45, 2.75) is 38.5 Å². The number of rotatable bonds is 11. The summed E-state index contributed by atoms with van der Waals surface area (Å²) in [7, 11) is -3.62. The minimum atomic E-state index is -3.62. The van der Waals surface area contributed by atoms with Gasteiger partial charge in [-0.25, -0.2) is 8.42 Å². The summed E-state index contributed by atoms with van der Waals surface area (Å²) in [6.07, 6.45) is 0. The molecule has 2 aromatic carbocycles. The maximum Gasteiger partial charge on any atom is 0.325 e. The molecule has 2 rings (SSSR count). The van der Waals surface area contributed by atoms with Crippen LogP contribution in [0.5, 0.6) is 0 Å². The first-order valence-electron chi connectivity index (χ1n) is 11.0. The molecule has 0 fully saturated rings. The minimum Gasteiger partial charge on any atom is -0.454 e. The maximum absolute atomic E-state index is 12.5. The standard InChI is InChI=1S/C24H31N3O6S/c1-5-27(6-2)34(31,32)21-13-9-19(10-14-21)24(30)25-15-23(29)33-16-22(28)26-20-11-7-18(8-12-20)17(3)4/h7-14,17H,5-6,15-16H2,1-4H3,(H,25,30)(H,26,28). The highest BCUT2D eigenvalue weighted by Crippen LogP contribution is 2.17. The number of ether oxygens (including phenoxy) is 1. The Kier molecular flexibility index (Phi) is 9.76. The third-order valence-corrected chi connectivity index (χ3v) is 7.14. The average molecular weight is 490 g/mol. The first-order valence-corrected chi connectivity index (χ1v) is 12.5. The average Bonchev–Trinajstić information content (AvgIpc) is 2.82. The summed E-state index contributed by atoms with van der Waals surface area (Å²) in [6.45, 7) is 7.38. The number of nitrogens with zero attached hydrogens (tertiary/aromatic N) is 1. The Morgan fingerprint density at radius 1 is 0.941 bits per heavy atom. The third-order valence-electron chi connectivity index (χ3n) is 5.08. The zero-order valence-electron chi connectivity index (χ0n) is 19.8. The van der Waals surface area contributed by atoms with Crippen LogP contribution in [0.3, 0.4) is 0 Å². The number of carbonyl (C=O) groups excluding carboxylic acids is 3. The van der Waals surface area contributed by atoms with Gasteiger partial charge in [-0.05, 0) is 47.9 Å². The van der Waals surface area contributed by atoms with E-state index in [9.17, 15) is 22.8 Å². The van der Waals surface area contributed by atoms with Crippen molar-refractivity contribution in [1.29, 1.82) is 0 Å². The van der Waals surface area contributed by atoms with E-state index in [1.807, 2.05) is 12.1 Å². The highest BCUT2D eigenvalue weighted by atomic mass is 32.2. The lowest BCUT2D eigenvalue weighted by Crippen LogP contribution is -2.32. The predicted molar refractivity (Wildman–Crippen MR) is 129 cm³/mol. The number of esters is 1. The molecule has 0 atom stereocenters. The lowest BCUT2D eigenvalue weighted by Gasteiger charge is -2.18. The Balaban J connectivity index is 1.81. The van der Waals surface area contributed by atoms with Crippen molar-refractivity contribution in [1.82, 2.24) is 9.62 Å². The largest absolute Gasteiger partial charge is 0.454 e. The summed E-state index contributed by atoms with van der Waals surface area (Å²) in [6, 6.07) is 12.8. The Labute approximate surface area is 200 Å². The van der Waals surface area contributed by atoms with Gasteiger partial charge in [-0.1, -0.05) is 39.8 Å². The number of nitrogens with one attached hydrogen (secondary N) is 2. The SMILES string of the molecule is CCN(CC)S(=O)(=O)c1ccc(C(=O)NCC(=O)OCC(=O)Nc2ccc(C(C)C)cc2)cc1. The molecule has 0 radical (unpaired) electrons. The second-order valence-corrected chi connectivity index (χ2v) is 9.72. The molecule has 0 aliphatic carbocycles. The van der Waals surface area contributed by atoms with Crippen molar-refractivity contribution in [3.8, 4) is 0 Å². The fraction of sp³-hybridized carbons (Fsp3) is 0.375. The molecule has 0 saturated carbocycles. The van der Waals surface area contributed by atoms with Gasteiger partial charge in [-0.15, -0.1) is 0 Å². The first-order chi connectivity index (χ1) is 16.1. The van der Waals surface area contributed by atoms with Crippen molar-refractivity contribution >= 4 is 33.5 Å². The van der Waals surface area contributed by atoms with Gasteiger partial charge in [-0.3, -0.25) is 14.4 Å². The van der Waals surface area contributed by atoms with E-state index in [1.54, 1.807) is 26.0 Å². The molecule has 0 heterocycles. The lowest BCUT2D eigenvalue weighted by atomic mass is 10.0. The van der Waals surface area contributed by atoms with Gasteiger partial charge in [0.05, 0.1) is 4.90 Å². The van der Waals surface area contributed by atoms with Crippen molar-refractivity contribution in [3.63, 3.8) is 0 Å². The zero-order chi connectivity index (χ0) is 25.3. The van der Waals surface area contributed by atoms with E-state index >= 15 is 0 Å². The second kappa shape index (κ2) is 12.3. The molecule has 9 nitrogen and oxygen atoms in total. The molecule has 0 saturated heterocycles. The molecule has 0 aliphatic heterocycles. The lowest BCUT2D eigenvalue weighted by molar-refractivity contribution is -0.146. The van der Waals surface area contributed by atoms with E-state index in [0.29, 0.717) is 24.7 Å². The number of hydrogen-bond donors (Lipinski definition) is 2. The van der Waals surface area contributed by atoms with E-state index in [2.05, 4.69) is 24.5 Å². The molecule has 0 spiro atoms. The summed E-state index contributed by atoms with van der Waals surface area (Å²) in [5, 5.41) is 5.02. The molecule has 2 aromatic rings. The van der Waals surface area contributed by atoms with Crippen LogP contribution >= 0.6 is 0 Å². The Morgan fingerprint density at radius 2 is 1.53 bits per heavy atom. The normalized spacial score (nSPS) is 11.4. The molecule has 34 heavy (non-hydrogen) atoms. The van der Waals surface area contributed by atoms with Crippen LogP contribution in [0.2, 0.25) is 0 Å². The number of amides is 2. The van der Waals surface area contributed by atoms with Gasteiger partial charge in [0.25, 0.3) is 11.8 Å². The van der Waals surface area contributed by atoms with E-state index in [1.165, 1.54) is 28.6 Å². The van der Waals surface area contributed by atoms with Crippen LogP contribution in [-0.2, 0) is 24.3 Å². The van der Waals surface area contributed by atoms with Crippen molar-refractivity contribution in [3.05, 3.63) is 59.7 Å². The number of anilines is 1. The van der Waals surface area contributed by atoms with Crippen LogP contribution in [-0.4, -0.2) is 56.7 Å². The molecule has 2 amide bonds. The van der Waals surface area contributed by atoms with Crippen LogP contribution < -0.4 is 10.6 Å². The Hall–Kier alpha value is -3.24. The molecular formula is C24H31N3O6S. The summed E-state index contributed by atoms with van der Waals surface area (Å²) in [5.41, 5.74) is 1.92. The number of carbonyl (C=O) groups is 3. The highest BCUT2D eigenvalue weighted by Gasteiger charge is 2.21. The number of hydrogen-bond acceptors (Lipinski definition) is 6. The van der Waals surface area contributed by atoms with Gasteiger partial charge in [0.15, 0.2) is 6.61 Å². The summed E-state index contributed by atoms with van der Waals surface area (Å²) in [4.78, 5) is 36.2. The molecule has 0 unspecified atom stereocenters. The smallest absolute Gasteiger partial charge is 0.325 e. The number of benzene rings is 2. The molecular weight excluding hydrogens is 458 g/mol. The molecule has 10 heteroatoms. The van der Waals surface area contributed by atoms with Crippen LogP contribution in [0.4, 0.5) is 5.69 Å². The molecule has 2 N–H and O–H groups in total. The van der Waals surface area contributed by atoms with E-state index in [0.717, 1.165) is 5.56 Å². The van der Waals surface area contributed by atoms with Crippen LogP contribution in [0.15, 0.2) is 53.4 Å². The minimum absolute atomic E-state index is 0.0806. The third kappa shape index (κ3) is 7.39. The van der Waals surface area contributed by atoms with Crippen molar-refractivity contribution < 1.29 is 27.5 Å². The van der Waals surface area contributed by atoms with Crippen LogP contribution in [0, 0.1) is 0 Å². The van der Waals surface area contributed by atoms with Gasteiger partial charge < -0.3 is 15.4 Å². The molecule has 184 valence electrons. The quantitative estimate of drug-likeness (QED) is 0.468. The fourth-order valence-corrected chi connectivity index (χ4v) is 4.55. The van der Waals surface area contributed by atoms with E-state index in [-0.39, 0.29) is 10.5 Å². The first kappa shape index (κ1) is 27.0. The predicted octanol–water partition coefficient (Wildman–Crippen LogP) is 2.75. The zero-order valence-corrected chi connectivity index (χ0v) is 20.6. The monoisotopic (exact) mass is 489 g/mol. The second-order valence-electron chi connectivity index (χ2n) is 7.78. The topological polar surface area (TPSA) is 122 Å². The van der Waals surface area contributed by atoms with Crippen molar-refractivity contribution in [2.75, 3.05) is 31.6 Å². The summed E-state index contributed by atoms with van der Waals surface area (Å²) < 4.78 is 31.2. The maximum atomic E-state index is 12.5. The van der Waals surface area contributed by atoms with Gasteiger partial charge in [0.2, 0.25) is 10.0 Å². The molecule has 0 aromatic heterocycles. The number of sulfonamides is 1. The summed E-state index contributed by atoms with van der Waals surface area (Å²) >= 11 is 0. The van der Waals surface area contributed by atoms with E-state index in [4.69, 9.17) is 4.74 Å². The van der Waals surface area contributed by atoms with Gasteiger partial charge in [0.1, 0.15) is 6.54 Å². The van der Waals surface area contributed by atoms with Gasteiger partial charge in [-0.2, -0.15) is 4.31 Å². The van der Waals surface area contributed by atoms with E-state index < -0.39 is 41.0 Å². The van der Waals surface area contributed by atoms with Gasteiger partial charge >= 0.3 is 5.97 Å². The van der Waals surface area contributed by atoms with Gasteiger partial charge in [0, 0.05) is 24.3 Å². The highest BCUT2D eigenvalue weighted by molar-refractivity contribution is 7.89. The Morgan fingerprint density at radius 3 is 2.06 bits per heavy atom. The van der Waals surface area contributed by atoms with Crippen molar-refractivity contribution in [2.24, 2.45) is 0 Å². The fourth-order valence-electron chi connectivity index (χ4n) is 3.09. The molecule has 0 aliphatic rings.